The van der Waals surface area contributed by atoms with Crippen LogP contribution in [0.2, 0.25) is 0 Å². The lowest BCUT2D eigenvalue weighted by Gasteiger charge is -2.31. The lowest BCUT2D eigenvalue weighted by atomic mass is 10.0. The van der Waals surface area contributed by atoms with E-state index in [9.17, 15) is 0 Å². The second-order valence-electron chi connectivity index (χ2n) is 6.91. The Morgan fingerprint density at radius 1 is 1.11 bits per heavy atom. The minimum atomic E-state index is 0.00176. The maximum Gasteiger partial charge on any atom is 0.170 e. The molecule has 1 fully saturated rings. The van der Waals surface area contributed by atoms with Crippen LogP contribution in [0, 0.1) is 0 Å². The first-order valence-corrected chi connectivity index (χ1v) is 10.2. The van der Waals surface area contributed by atoms with Gasteiger partial charge in [0.15, 0.2) is 5.11 Å². The monoisotopic (exact) mass is 440 g/mol. The number of aromatic nitrogens is 2. The summed E-state index contributed by atoms with van der Waals surface area (Å²) in [5.41, 5.74) is 3.30. The second kappa shape index (κ2) is 7.44. The third kappa shape index (κ3) is 3.39. The highest BCUT2D eigenvalue weighted by atomic mass is 79.9. The quantitative estimate of drug-likeness (QED) is 0.577. The summed E-state index contributed by atoms with van der Waals surface area (Å²) in [6.45, 7) is 4.35. The van der Waals surface area contributed by atoms with Gasteiger partial charge in [-0.25, -0.2) is 0 Å². The van der Waals surface area contributed by atoms with Crippen LogP contribution < -0.4 is 5.32 Å². The first kappa shape index (κ1) is 18.2. The zero-order valence-electron chi connectivity index (χ0n) is 15.2. The van der Waals surface area contributed by atoms with Crippen LogP contribution >= 0.6 is 28.1 Å². The molecule has 0 aliphatic carbocycles. The maximum atomic E-state index is 5.70. The number of benzene rings is 1. The van der Waals surface area contributed by atoms with Gasteiger partial charge in [-0.3, -0.25) is 4.98 Å². The number of hydrogen-bond donors (Lipinski definition) is 1. The van der Waals surface area contributed by atoms with Gasteiger partial charge in [0.05, 0.1) is 17.8 Å². The number of rotatable bonds is 4. The fraction of sp³-hybridized carbons (Fsp3) is 0.238. The van der Waals surface area contributed by atoms with Gasteiger partial charge in [-0.15, -0.1) is 0 Å². The minimum absolute atomic E-state index is 0.00176. The molecule has 0 unspecified atom stereocenters. The zero-order chi connectivity index (χ0) is 19.0. The maximum absolute atomic E-state index is 5.70. The molecule has 1 aliphatic heterocycles. The Balaban J connectivity index is 1.84. The summed E-state index contributed by atoms with van der Waals surface area (Å²) in [5.74, 6) is 0. The fourth-order valence-electron chi connectivity index (χ4n) is 3.73. The highest BCUT2D eigenvalue weighted by Gasteiger charge is 2.42. The van der Waals surface area contributed by atoms with E-state index in [-0.39, 0.29) is 18.1 Å². The molecular formula is C21H21BrN4S. The van der Waals surface area contributed by atoms with Crippen molar-refractivity contribution in [2.45, 2.75) is 32.0 Å². The Bertz CT molecular complexity index is 954. The van der Waals surface area contributed by atoms with Crippen molar-refractivity contribution < 1.29 is 0 Å². The molecule has 0 amide bonds. The number of pyridine rings is 1. The molecule has 1 aliphatic rings. The Hall–Kier alpha value is -2.18. The van der Waals surface area contributed by atoms with Crippen LogP contribution in [-0.4, -0.2) is 25.6 Å². The van der Waals surface area contributed by atoms with E-state index in [1.54, 1.807) is 0 Å². The first-order chi connectivity index (χ1) is 13.1. The van der Waals surface area contributed by atoms with Crippen molar-refractivity contribution in [2.75, 3.05) is 0 Å². The smallest absolute Gasteiger partial charge is 0.170 e. The van der Waals surface area contributed by atoms with Crippen molar-refractivity contribution in [1.29, 1.82) is 0 Å². The van der Waals surface area contributed by atoms with Gasteiger partial charge in [0.25, 0.3) is 0 Å². The van der Waals surface area contributed by atoms with Crippen LogP contribution in [0.15, 0.2) is 71.5 Å². The van der Waals surface area contributed by atoms with Crippen LogP contribution in [0.1, 0.15) is 37.3 Å². The van der Waals surface area contributed by atoms with Gasteiger partial charge >= 0.3 is 0 Å². The molecule has 138 valence electrons. The molecule has 3 aromatic rings. The first-order valence-electron chi connectivity index (χ1n) is 8.99. The summed E-state index contributed by atoms with van der Waals surface area (Å²) in [5, 5.41) is 4.27. The number of thiocarbonyl (C=S) groups is 1. The summed E-state index contributed by atoms with van der Waals surface area (Å²) in [6.07, 6.45) is 3.94. The predicted molar refractivity (Wildman–Crippen MR) is 116 cm³/mol. The van der Waals surface area contributed by atoms with Crippen LogP contribution in [0.4, 0.5) is 0 Å². The van der Waals surface area contributed by atoms with Crippen molar-refractivity contribution in [3.63, 3.8) is 0 Å². The van der Waals surface area contributed by atoms with Crippen molar-refractivity contribution in [1.82, 2.24) is 19.8 Å². The third-order valence-corrected chi connectivity index (χ3v) is 5.68. The Labute approximate surface area is 173 Å². The Morgan fingerprint density at radius 3 is 2.67 bits per heavy atom. The molecule has 0 saturated carbocycles. The normalized spacial score (nSPS) is 19.6. The molecule has 2 aromatic heterocycles. The van der Waals surface area contributed by atoms with Gasteiger partial charge in [0, 0.05) is 34.3 Å². The fourth-order valence-corrected chi connectivity index (χ4v) is 4.57. The molecule has 1 N–H and O–H groups in total. The van der Waals surface area contributed by atoms with Crippen LogP contribution in [0.5, 0.6) is 0 Å². The summed E-state index contributed by atoms with van der Waals surface area (Å²) in [6, 6.07) is 18.9. The van der Waals surface area contributed by atoms with Crippen molar-refractivity contribution in [3.05, 3.63) is 82.9 Å². The van der Waals surface area contributed by atoms with Gasteiger partial charge in [-0.1, -0.05) is 28.1 Å². The van der Waals surface area contributed by atoms with Crippen molar-refractivity contribution in [2.24, 2.45) is 0 Å². The van der Waals surface area contributed by atoms with Crippen LogP contribution in [0.3, 0.4) is 0 Å². The van der Waals surface area contributed by atoms with Crippen molar-refractivity contribution in [3.8, 4) is 5.69 Å². The van der Waals surface area contributed by atoms with Crippen LogP contribution in [-0.2, 0) is 0 Å². The predicted octanol–water partition coefficient (Wildman–Crippen LogP) is 5.02. The average Bonchev–Trinajstić information content (AvgIpc) is 3.26. The average molecular weight is 441 g/mol. The summed E-state index contributed by atoms with van der Waals surface area (Å²) in [4.78, 5) is 6.88. The lowest BCUT2D eigenvalue weighted by Crippen LogP contribution is -2.36. The van der Waals surface area contributed by atoms with E-state index in [0.29, 0.717) is 0 Å². The third-order valence-electron chi connectivity index (χ3n) is 4.86. The molecule has 1 saturated heterocycles. The molecule has 0 radical (unpaired) electrons. The summed E-state index contributed by atoms with van der Waals surface area (Å²) in [7, 11) is 0. The standard InChI is InChI=1S/C21H21BrN4S/c1-14(2)26-20(19(24-21(26)27)17-9-3-4-11-23-17)18-10-6-12-25(18)16-8-5-7-15(22)13-16/h3-14,19-20H,1-2H3,(H,24,27)/t19-,20-/m0/s1. The molecule has 27 heavy (non-hydrogen) atoms. The molecule has 1 aromatic carbocycles. The van der Waals surface area contributed by atoms with E-state index in [2.05, 4.69) is 92.1 Å². The molecule has 4 rings (SSSR count). The van der Waals surface area contributed by atoms with E-state index in [4.69, 9.17) is 12.2 Å². The number of nitrogens with zero attached hydrogens (tertiary/aromatic N) is 3. The molecule has 6 heteroatoms. The molecule has 0 spiro atoms. The molecule has 2 atom stereocenters. The molecular weight excluding hydrogens is 420 g/mol. The Morgan fingerprint density at radius 2 is 1.96 bits per heavy atom. The number of hydrogen-bond acceptors (Lipinski definition) is 2. The summed E-state index contributed by atoms with van der Waals surface area (Å²) < 4.78 is 3.29. The van der Waals surface area contributed by atoms with Gasteiger partial charge < -0.3 is 14.8 Å². The number of halogens is 1. The number of nitrogens with one attached hydrogen (secondary N) is 1. The Kier molecular flexibility index (Phi) is 5.02. The van der Waals surface area contributed by atoms with Gasteiger partial charge in [-0.05, 0) is 68.5 Å². The van der Waals surface area contributed by atoms with E-state index in [1.807, 2.05) is 24.4 Å². The van der Waals surface area contributed by atoms with Crippen molar-refractivity contribution >= 4 is 33.3 Å². The SMILES string of the molecule is CC(C)N1C(=S)N[C@@H](c2ccccn2)[C@@H]1c1cccn1-c1cccc(Br)c1. The van der Waals surface area contributed by atoms with Gasteiger partial charge in [-0.2, -0.15) is 0 Å². The zero-order valence-corrected chi connectivity index (χ0v) is 17.6. The van der Waals surface area contributed by atoms with E-state index >= 15 is 0 Å². The highest BCUT2D eigenvalue weighted by molar-refractivity contribution is 9.10. The van der Waals surface area contributed by atoms with Crippen LogP contribution in [0.25, 0.3) is 5.69 Å². The lowest BCUT2D eigenvalue weighted by molar-refractivity contribution is 0.262. The second-order valence-corrected chi connectivity index (χ2v) is 8.21. The van der Waals surface area contributed by atoms with E-state index in [1.165, 1.54) is 5.69 Å². The molecule has 0 bridgehead atoms. The molecule has 3 heterocycles. The van der Waals surface area contributed by atoms with Gasteiger partial charge in [0.2, 0.25) is 0 Å². The van der Waals surface area contributed by atoms with E-state index in [0.717, 1.165) is 21.0 Å². The largest absolute Gasteiger partial charge is 0.352 e. The topological polar surface area (TPSA) is 33.1 Å². The summed E-state index contributed by atoms with van der Waals surface area (Å²) >= 11 is 9.28. The minimum Gasteiger partial charge on any atom is -0.352 e. The highest BCUT2D eigenvalue weighted by Crippen LogP contribution is 2.40. The van der Waals surface area contributed by atoms with Gasteiger partial charge in [0.1, 0.15) is 0 Å². The van der Waals surface area contributed by atoms with E-state index < -0.39 is 0 Å². The molecule has 4 nitrogen and oxygen atoms in total.